The molecule has 0 aliphatic carbocycles. The Hall–Kier alpha value is -2.70. The Balaban J connectivity index is 2.51. The van der Waals surface area contributed by atoms with Gasteiger partial charge in [-0.05, 0) is 32.0 Å². The van der Waals surface area contributed by atoms with Crippen molar-refractivity contribution in [1.82, 2.24) is 5.16 Å². The lowest BCUT2D eigenvalue weighted by molar-refractivity contribution is -0.137. The van der Waals surface area contributed by atoms with Crippen molar-refractivity contribution in [2.75, 3.05) is 11.4 Å². The van der Waals surface area contributed by atoms with Gasteiger partial charge in [0.1, 0.15) is 12.3 Å². The van der Waals surface area contributed by atoms with Gasteiger partial charge in [0.25, 0.3) is 0 Å². The highest BCUT2D eigenvalue weighted by atomic mass is 19.4. The van der Waals surface area contributed by atoms with Gasteiger partial charge in [0.15, 0.2) is 0 Å². The number of benzene rings is 1. The van der Waals surface area contributed by atoms with Crippen LogP contribution in [-0.2, 0) is 12.7 Å². The van der Waals surface area contributed by atoms with Crippen molar-refractivity contribution in [3.63, 3.8) is 0 Å². The van der Waals surface area contributed by atoms with Gasteiger partial charge in [-0.2, -0.15) is 31.6 Å². The molecule has 1 aromatic carbocycles. The fourth-order valence-corrected chi connectivity index (χ4v) is 2.43. The molecule has 0 aliphatic heterocycles. The summed E-state index contributed by atoms with van der Waals surface area (Å²) in [6.45, 7) is 1.21. The first-order valence-corrected chi connectivity index (χ1v) is 7.27. The summed E-state index contributed by atoms with van der Waals surface area (Å²) >= 11 is 0. The highest BCUT2D eigenvalue weighted by molar-refractivity contribution is 5.55. The molecule has 0 unspecified atom stereocenters. The van der Waals surface area contributed by atoms with Gasteiger partial charge < -0.3 is 9.42 Å². The molecule has 0 atom stereocenters. The van der Waals surface area contributed by atoms with E-state index in [0.29, 0.717) is 17.3 Å². The molecule has 1 heterocycles. The van der Waals surface area contributed by atoms with Crippen LogP contribution in [0.25, 0.3) is 0 Å². The molecule has 26 heavy (non-hydrogen) atoms. The van der Waals surface area contributed by atoms with Crippen molar-refractivity contribution in [1.29, 1.82) is 5.26 Å². The maximum atomic E-state index is 13.1. The molecule has 0 radical (unpaired) electrons. The third-order valence-corrected chi connectivity index (χ3v) is 3.69. The number of hydrogen-bond donors (Lipinski definition) is 0. The summed E-state index contributed by atoms with van der Waals surface area (Å²) in [6.07, 6.45) is -9.51. The molecule has 1 aromatic heterocycles. The second kappa shape index (κ2) is 6.90. The first-order valence-electron chi connectivity index (χ1n) is 7.27. The van der Waals surface area contributed by atoms with Crippen LogP contribution >= 0.6 is 0 Å². The zero-order valence-electron chi connectivity index (χ0n) is 13.7. The predicted octanol–water partition coefficient (Wildman–Crippen LogP) is 4.75. The molecule has 10 heteroatoms. The van der Waals surface area contributed by atoms with E-state index >= 15 is 0 Å². The average Bonchev–Trinajstić information content (AvgIpc) is 2.83. The second-order valence-electron chi connectivity index (χ2n) is 5.61. The van der Waals surface area contributed by atoms with E-state index in [0.717, 1.165) is 17.0 Å². The Morgan fingerprint density at radius 3 is 2.27 bits per heavy atom. The molecule has 0 amide bonds. The maximum absolute atomic E-state index is 13.1. The summed E-state index contributed by atoms with van der Waals surface area (Å²) in [7, 11) is 0. The van der Waals surface area contributed by atoms with E-state index in [9.17, 15) is 26.3 Å². The van der Waals surface area contributed by atoms with Crippen molar-refractivity contribution in [3.8, 4) is 6.07 Å². The monoisotopic (exact) mass is 377 g/mol. The van der Waals surface area contributed by atoms with Crippen molar-refractivity contribution >= 4 is 5.69 Å². The molecule has 0 N–H and O–H groups in total. The van der Waals surface area contributed by atoms with E-state index in [-0.39, 0.29) is 18.0 Å². The van der Waals surface area contributed by atoms with Gasteiger partial charge in [0, 0.05) is 17.8 Å². The first-order chi connectivity index (χ1) is 11.9. The number of alkyl halides is 6. The Bertz CT molecular complexity index is 812. The number of rotatable bonds is 4. The van der Waals surface area contributed by atoms with E-state index in [1.54, 1.807) is 0 Å². The molecule has 0 saturated heterocycles. The fraction of sp³-hybridized carbons (Fsp3) is 0.375. The Morgan fingerprint density at radius 2 is 1.81 bits per heavy atom. The maximum Gasteiger partial charge on any atom is 0.417 e. The topological polar surface area (TPSA) is 53.1 Å². The zero-order chi connectivity index (χ0) is 19.7. The Kier molecular flexibility index (Phi) is 5.21. The predicted molar refractivity (Wildman–Crippen MR) is 79.2 cm³/mol. The highest BCUT2D eigenvalue weighted by Crippen LogP contribution is 2.35. The van der Waals surface area contributed by atoms with Crippen LogP contribution in [0.15, 0.2) is 22.7 Å². The SMILES string of the molecule is Cc1noc(C)c1CN(CC(F)(F)F)c1ccc(C#N)c(C(F)(F)F)c1. The number of anilines is 1. The van der Waals surface area contributed by atoms with Gasteiger partial charge in [0.05, 0.1) is 22.9 Å². The van der Waals surface area contributed by atoms with Crippen molar-refractivity contribution in [2.45, 2.75) is 32.7 Å². The third kappa shape index (κ3) is 4.47. The summed E-state index contributed by atoms with van der Waals surface area (Å²) < 4.78 is 83.0. The third-order valence-electron chi connectivity index (χ3n) is 3.69. The van der Waals surface area contributed by atoms with E-state index in [1.165, 1.54) is 19.9 Å². The molecule has 0 spiro atoms. The molecule has 0 saturated carbocycles. The van der Waals surface area contributed by atoms with Crippen molar-refractivity contribution in [2.24, 2.45) is 0 Å². The number of halogens is 6. The quantitative estimate of drug-likeness (QED) is 0.722. The summed E-state index contributed by atoms with van der Waals surface area (Å²) in [5.41, 5.74) is -1.56. The fourth-order valence-electron chi connectivity index (χ4n) is 2.43. The molecule has 4 nitrogen and oxygen atoms in total. The summed E-state index contributed by atoms with van der Waals surface area (Å²) in [4.78, 5) is 0.739. The molecule has 2 aromatic rings. The van der Waals surface area contributed by atoms with Crippen LogP contribution in [0.4, 0.5) is 32.0 Å². The van der Waals surface area contributed by atoms with Gasteiger partial charge in [-0.15, -0.1) is 0 Å². The smallest absolute Gasteiger partial charge is 0.361 e. The number of aryl methyl sites for hydroxylation is 2. The van der Waals surface area contributed by atoms with Crippen LogP contribution in [-0.4, -0.2) is 17.9 Å². The van der Waals surface area contributed by atoms with Crippen LogP contribution in [0.2, 0.25) is 0 Å². The summed E-state index contributed by atoms with van der Waals surface area (Å²) in [5.74, 6) is 0.277. The highest BCUT2D eigenvalue weighted by Gasteiger charge is 2.36. The van der Waals surface area contributed by atoms with Crippen molar-refractivity contribution in [3.05, 3.63) is 46.3 Å². The largest absolute Gasteiger partial charge is 0.417 e. The van der Waals surface area contributed by atoms with E-state index in [1.807, 2.05) is 0 Å². The minimum Gasteiger partial charge on any atom is -0.361 e. The molecular weight excluding hydrogens is 364 g/mol. The minimum absolute atomic E-state index is 0.277. The van der Waals surface area contributed by atoms with Crippen LogP contribution in [0.1, 0.15) is 28.1 Å². The minimum atomic E-state index is -4.87. The van der Waals surface area contributed by atoms with Gasteiger partial charge in [0.2, 0.25) is 0 Å². The average molecular weight is 377 g/mol. The lowest BCUT2D eigenvalue weighted by Crippen LogP contribution is -2.34. The molecule has 0 fully saturated rings. The van der Waals surface area contributed by atoms with Crippen LogP contribution in [0.5, 0.6) is 0 Å². The van der Waals surface area contributed by atoms with E-state index in [4.69, 9.17) is 9.78 Å². The summed E-state index contributed by atoms with van der Waals surface area (Å²) in [5, 5.41) is 12.5. The van der Waals surface area contributed by atoms with Gasteiger partial charge in [-0.3, -0.25) is 0 Å². The van der Waals surface area contributed by atoms with Crippen LogP contribution in [0, 0.1) is 25.2 Å². The first kappa shape index (κ1) is 19.6. The van der Waals surface area contributed by atoms with Gasteiger partial charge >= 0.3 is 12.4 Å². The van der Waals surface area contributed by atoms with E-state index in [2.05, 4.69) is 5.16 Å². The van der Waals surface area contributed by atoms with Gasteiger partial charge in [-0.25, -0.2) is 0 Å². The lowest BCUT2D eigenvalue weighted by atomic mass is 10.1. The van der Waals surface area contributed by atoms with E-state index < -0.39 is 30.0 Å². The van der Waals surface area contributed by atoms with Gasteiger partial charge in [-0.1, -0.05) is 5.16 Å². The Labute approximate surface area is 144 Å². The number of nitrogens with zero attached hydrogens (tertiary/aromatic N) is 3. The van der Waals surface area contributed by atoms with Crippen molar-refractivity contribution < 1.29 is 30.9 Å². The van der Waals surface area contributed by atoms with Crippen LogP contribution in [0.3, 0.4) is 0 Å². The molecule has 140 valence electrons. The zero-order valence-corrected chi connectivity index (χ0v) is 13.7. The molecule has 0 bridgehead atoms. The standard InChI is InChI=1S/C16H13F6N3O/c1-9-13(10(2)26-24-9)7-25(8-15(17,18)19)12-4-3-11(6-23)14(5-12)16(20,21)22/h3-5H,7-8H2,1-2H3. The van der Waals surface area contributed by atoms with Crippen LogP contribution < -0.4 is 4.90 Å². The molecule has 2 rings (SSSR count). The Morgan fingerprint density at radius 1 is 1.15 bits per heavy atom. The number of nitriles is 1. The number of aromatic nitrogens is 1. The second-order valence-corrected chi connectivity index (χ2v) is 5.61. The lowest BCUT2D eigenvalue weighted by Gasteiger charge is -2.27. The normalized spacial score (nSPS) is 12.1. The molecular formula is C16H13F6N3O. The summed E-state index contributed by atoms with van der Waals surface area (Å²) in [6, 6.07) is 3.85. The number of hydrogen-bond acceptors (Lipinski definition) is 4. The molecule has 0 aliphatic rings.